The molecule has 0 unspecified atom stereocenters. The van der Waals surface area contributed by atoms with Gasteiger partial charge in [0.15, 0.2) is 11.8 Å². The minimum Gasteiger partial charge on any atom is -0.381 e. The molecule has 0 atom stereocenters. The second-order valence-electron chi connectivity index (χ2n) is 6.62. The molecule has 0 spiro atoms. The van der Waals surface area contributed by atoms with Gasteiger partial charge in [0.25, 0.3) is 0 Å². The Morgan fingerprint density at radius 1 is 1.31 bits per heavy atom. The van der Waals surface area contributed by atoms with Gasteiger partial charge in [0, 0.05) is 39.5 Å². The fourth-order valence-corrected chi connectivity index (χ4v) is 3.24. The standard InChI is InChI=1S/C19H28N6O/c1-20-19(24(2)11-8-16-9-12-26-13-10-16)21-14-18-23-22-15-25(18)17-6-4-3-5-7-17/h3-7,15-16H,8-14H2,1-2H3,(H,20,21). The van der Waals surface area contributed by atoms with Gasteiger partial charge in [-0.25, -0.2) is 0 Å². The smallest absolute Gasteiger partial charge is 0.193 e. The first-order valence-electron chi connectivity index (χ1n) is 9.21. The third kappa shape index (κ3) is 4.82. The lowest BCUT2D eigenvalue weighted by atomic mass is 9.96. The number of hydrogen-bond donors (Lipinski definition) is 1. The summed E-state index contributed by atoms with van der Waals surface area (Å²) in [5, 5.41) is 11.7. The summed E-state index contributed by atoms with van der Waals surface area (Å²) in [6.45, 7) is 3.35. The lowest BCUT2D eigenvalue weighted by Gasteiger charge is -2.26. The SMILES string of the molecule is CN=C(NCc1nncn1-c1ccccc1)N(C)CCC1CCOCC1. The molecule has 1 fully saturated rings. The fraction of sp³-hybridized carbons (Fsp3) is 0.526. The number of benzene rings is 1. The molecule has 1 aromatic carbocycles. The molecule has 0 radical (unpaired) electrons. The van der Waals surface area contributed by atoms with Crippen LogP contribution in [-0.2, 0) is 11.3 Å². The highest BCUT2D eigenvalue weighted by atomic mass is 16.5. The van der Waals surface area contributed by atoms with E-state index in [9.17, 15) is 0 Å². The highest BCUT2D eigenvalue weighted by Crippen LogP contribution is 2.18. The van der Waals surface area contributed by atoms with Crippen molar-refractivity contribution in [1.82, 2.24) is 25.0 Å². The average Bonchev–Trinajstić information content (AvgIpc) is 3.17. The Kier molecular flexibility index (Phi) is 6.60. The summed E-state index contributed by atoms with van der Waals surface area (Å²) in [4.78, 5) is 6.58. The Morgan fingerprint density at radius 3 is 2.81 bits per heavy atom. The van der Waals surface area contributed by atoms with Crippen LogP contribution in [0, 0.1) is 5.92 Å². The average molecular weight is 356 g/mol. The van der Waals surface area contributed by atoms with Crippen molar-refractivity contribution in [1.29, 1.82) is 0 Å². The Morgan fingerprint density at radius 2 is 2.08 bits per heavy atom. The third-order valence-corrected chi connectivity index (χ3v) is 4.84. The first-order valence-corrected chi connectivity index (χ1v) is 9.21. The molecule has 140 valence electrons. The van der Waals surface area contributed by atoms with Crippen LogP contribution in [-0.4, -0.2) is 59.5 Å². The van der Waals surface area contributed by atoms with E-state index in [4.69, 9.17) is 4.74 Å². The molecule has 1 aliphatic rings. The Bertz CT molecular complexity index is 693. The number of para-hydroxylation sites is 1. The van der Waals surface area contributed by atoms with Gasteiger partial charge in [-0.05, 0) is 37.3 Å². The van der Waals surface area contributed by atoms with Gasteiger partial charge in [0.2, 0.25) is 0 Å². The molecule has 0 saturated carbocycles. The molecule has 1 saturated heterocycles. The van der Waals surface area contributed by atoms with Crippen LogP contribution in [0.25, 0.3) is 5.69 Å². The second kappa shape index (κ2) is 9.33. The molecular weight excluding hydrogens is 328 g/mol. The van der Waals surface area contributed by atoms with Crippen molar-refractivity contribution in [3.05, 3.63) is 42.5 Å². The predicted molar refractivity (Wildman–Crippen MR) is 102 cm³/mol. The number of aliphatic imine (C=N–C) groups is 1. The largest absolute Gasteiger partial charge is 0.381 e. The van der Waals surface area contributed by atoms with Crippen molar-refractivity contribution in [3.8, 4) is 5.69 Å². The highest BCUT2D eigenvalue weighted by Gasteiger charge is 2.16. The van der Waals surface area contributed by atoms with E-state index in [1.54, 1.807) is 6.33 Å². The Labute approximate surface area is 155 Å². The van der Waals surface area contributed by atoms with Crippen molar-refractivity contribution in [3.63, 3.8) is 0 Å². The molecule has 1 N–H and O–H groups in total. The monoisotopic (exact) mass is 356 g/mol. The topological polar surface area (TPSA) is 67.6 Å². The molecule has 0 bridgehead atoms. The van der Waals surface area contributed by atoms with Gasteiger partial charge in [-0.15, -0.1) is 10.2 Å². The van der Waals surface area contributed by atoms with Crippen LogP contribution in [0.5, 0.6) is 0 Å². The van der Waals surface area contributed by atoms with E-state index < -0.39 is 0 Å². The van der Waals surface area contributed by atoms with Crippen molar-refractivity contribution in [2.24, 2.45) is 10.9 Å². The first-order chi connectivity index (χ1) is 12.8. The van der Waals surface area contributed by atoms with E-state index >= 15 is 0 Å². The van der Waals surface area contributed by atoms with Crippen LogP contribution >= 0.6 is 0 Å². The van der Waals surface area contributed by atoms with E-state index in [2.05, 4.69) is 32.5 Å². The summed E-state index contributed by atoms with van der Waals surface area (Å²) in [6, 6.07) is 10.1. The van der Waals surface area contributed by atoms with Gasteiger partial charge in [0.1, 0.15) is 6.33 Å². The Hall–Kier alpha value is -2.41. The van der Waals surface area contributed by atoms with Crippen molar-refractivity contribution < 1.29 is 4.74 Å². The van der Waals surface area contributed by atoms with Gasteiger partial charge in [-0.2, -0.15) is 0 Å². The van der Waals surface area contributed by atoms with Crippen molar-refractivity contribution >= 4 is 5.96 Å². The molecule has 26 heavy (non-hydrogen) atoms. The van der Waals surface area contributed by atoms with E-state index in [-0.39, 0.29) is 0 Å². The van der Waals surface area contributed by atoms with Gasteiger partial charge < -0.3 is 15.0 Å². The zero-order valence-corrected chi connectivity index (χ0v) is 15.6. The van der Waals surface area contributed by atoms with Gasteiger partial charge in [-0.1, -0.05) is 18.2 Å². The van der Waals surface area contributed by atoms with Crippen LogP contribution in [0.2, 0.25) is 0 Å². The number of rotatable bonds is 6. The minimum atomic E-state index is 0.573. The number of ether oxygens (including phenoxy) is 1. The molecule has 2 heterocycles. The predicted octanol–water partition coefficient (Wildman–Crippen LogP) is 2.09. The second-order valence-corrected chi connectivity index (χ2v) is 6.62. The maximum atomic E-state index is 5.44. The van der Waals surface area contributed by atoms with Gasteiger partial charge in [0.05, 0.1) is 6.54 Å². The molecule has 1 aromatic heterocycles. The molecular formula is C19H28N6O. The van der Waals surface area contributed by atoms with Crippen LogP contribution in [0.1, 0.15) is 25.1 Å². The fourth-order valence-electron chi connectivity index (χ4n) is 3.24. The first kappa shape index (κ1) is 18.4. The van der Waals surface area contributed by atoms with E-state index in [0.29, 0.717) is 6.54 Å². The molecule has 2 aromatic rings. The van der Waals surface area contributed by atoms with Crippen LogP contribution in [0.15, 0.2) is 41.7 Å². The van der Waals surface area contributed by atoms with Crippen LogP contribution in [0.3, 0.4) is 0 Å². The highest BCUT2D eigenvalue weighted by molar-refractivity contribution is 5.79. The zero-order valence-electron chi connectivity index (χ0n) is 15.6. The van der Waals surface area contributed by atoms with Gasteiger partial charge >= 0.3 is 0 Å². The number of aromatic nitrogens is 3. The van der Waals surface area contributed by atoms with E-state index in [1.165, 1.54) is 19.3 Å². The number of nitrogens with one attached hydrogen (secondary N) is 1. The number of nitrogens with zero attached hydrogens (tertiary/aromatic N) is 5. The van der Waals surface area contributed by atoms with E-state index in [0.717, 1.165) is 43.1 Å². The van der Waals surface area contributed by atoms with Crippen molar-refractivity contribution in [2.45, 2.75) is 25.8 Å². The van der Waals surface area contributed by atoms with Crippen molar-refractivity contribution in [2.75, 3.05) is 33.9 Å². The molecule has 0 amide bonds. The van der Waals surface area contributed by atoms with Gasteiger partial charge in [-0.3, -0.25) is 9.56 Å². The minimum absolute atomic E-state index is 0.573. The molecule has 3 rings (SSSR count). The zero-order chi connectivity index (χ0) is 18.2. The normalized spacial score (nSPS) is 15.8. The number of guanidine groups is 1. The molecule has 1 aliphatic heterocycles. The summed E-state index contributed by atoms with van der Waals surface area (Å²) < 4.78 is 7.43. The number of hydrogen-bond acceptors (Lipinski definition) is 4. The molecule has 7 heteroatoms. The summed E-state index contributed by atoms with van der Waals surface area (Å²) in [7, 11) is 3.89. The lowest BCUT2D eigenvalue weighted by Crippen LogP contribution is -2.40. The molecule has 7 nitrogen and oxygen atoms in total. The summed E-state index contributed by atoms with van der Waals surface area (Å²) in [5.74, 6) is 2.49. The third-order valence-electron chi connectivity index (χ3n) is 4.84. The summed E-state index contributed by atoms with van der Waals surface area (Å²) >= 11 is 0. The van der Waals surface area contributed by atoms with Crippen LogP contribution in [0.4, 0.5) is 0 Å². The maximum absolute atomic E-state index is 5.44. The van der Waals surface area contributed by atoms with E-state index in [1.807, 2.05) is 41.9 Å². The molecule has 0 aliphatic carbocycles. The Balaban J connectivity index is 1.53. The summed E-state index contributed by atoms with van der Waals surface area (Å²) in [6.07, 6.45) is 5.24. The quantitative estimate of drug-likeness (QED) is 0.634. The van der Waals surface area contributed by atoms with Crippen LogP contribution < -0.4 is 5.32 Å². The lowest BCUT2D eigenvalue weighted by molar-refractivity contribution is 0.0625. The maximum Gasteiger partial charge on any atom is 0.193 e. The summed E-state index contributed by atoms with van der Waals surface area (Å²) in [5.41, 5.74) is 1.05.